The first kappa shape index (κ1) is 16.0. The fourth-order valence-electron chi connectivity index (χ4n) is 2.99. The van der Waals surface area contributed by atoms with Crippen molar-refractivity contribution in [3.05, 3.63) is 65.2 Å². The van der Waals surface area contributed by atoms with Crippen LogP contribution >= 0.6 is 0 Å². The van der Waals surface area contributed by atoms with Gasteiger partial charge in [0, 0.05) is 32.7 Å². The Morgan fingerprint density at radius 1 is 1.04 bits per heavy atom. The Bertz CT molecular complexity index is 606. The monoisotopic (exact) mass is 310 g/mol. The molecule has 1 aliphatic heterocycles. The summed E-state index contributed by atoms with van der Waals surface area (Å²) in [6.45, 7) is 8.51. The zero-order chi connectivity index (χ0) is 15.9. The summed E-state index contributed by atoms with van der Waals surface area (Å²) < 4.78 is 5.90. The molecule has 0 unspecified atom stereocenters. The molecule has 1 N–H and O–H groups in total. The number of hydrogen-bond donors (Lipinski definition) is 1. The van der Waals surface area contributed by atoms with Crippen molar-refractivity contribution < 1.29 is 4.74 Å². The Morgan fingerprint density at radius 2 is 1.83 bits per heavy atom. The average Bonchev–Trinajstić information content (AvgIpc) is 2.61. The van der Waals surface area contributed by atoms with Crippen LogP contribution in [0.1, 0.15) is 16.7 Å². The van der Waals surface area contributed by atoms with Crippen molar-refractivity contribution in [1.82, 2.24) is 10.2 Å². The second-order valence-corrected chi connectivity index (χ2v) is 6.20. The van der Waals surface area contributed by atoms with Gasteiger partial charge in [0.1, 0.15) is 12.4 Å². The summed E-state index contributed by atoms with van der Waals surface area (Å²) in [4.78, 5) is 2.54. The first-order valence-electron chi connectivity index (χ1n) is 8.50. The van der Waals surface area contributed by atoms with Crippen LogP contribution in [-0.4, -0.2) is 37.6 Å². The first-order chi connectivity index (χ1) is 11.3. The molecule has 3 heteroatoms. The fourth-order valence-corrected chi connectivity index (χ4v) is 2.99. The minimum atomic E-state index is 0.625. The Kier molecular flexibility index (Phi) is 5.67. The van der Waals surface area contributed by atoms with Crippen LogP contribution in [-0.2, 0) is 13.0 Å². The quantitative estimate of drug-likeness (QED) is 0.887. The van der Waals surface area contributed by atoms with Gasteiger partial charge in [-0.1, -0.05) is 36.4 Å². The van der Waals surface area contributed by atoms with Crippen molar-refractivity contribution in [1.29, 1.82) is 0 Å². The summed E-state index contributed by atoms with van der Waals surface area (Å²) in [5, 5.41) is 3.40. The summed E-state index contributed by atoms with van der Waals surface area (Å²) >= 11 is 0. The van der Waals surface area contributed by atoms with Gasteiger partial charge in [0.05, 0.1) is 0 Å². The van der Waals surface area contributed by atoms with E-state index >= 15 is 0 Å². The van der Waals surface area contributed by atoms with Crippen LogP contribution < -0.4 is 10.1 Å². The van der Waals surface area contributed by atoms with Crippen LogP contribution in [0.4, 0.5) is 0 Å². The van der Waals surface area contributed by atoms with Crippen LogP contribution in [0.3, 0.4) is 0 Å². The minimum Gasteiger partial charge on any atom is -0.489 e. The largest absolute Gasteiger partial charge is 0.489 e. The lowest BCUT2D eigenvalue weighted by molar-refractivity contribution is 0.243. The highest BCUT2D eigenvalue weighted by Crippen LogP contribution is 2.19. The van der Waals surface area contributed by atoms with E-state index in [9.17, 15) is 0 Å². The van der Waals surface area contributed by atoms with Gasteiger partial charge in [-0.05, 0) is 42.2 Å². The molecule has 0 amide bonds. The standard InChI is InChI=1S/C20H26N2O/c1-17-15-20(23-16-18-5-3-2-4-6-18)8-7-19(17)9-12-22-13-10-21-11-14-22/h2-8,15,21H,9-14,16H2,1H3. The second kappa shape index (κ2) is 8.14. The Labute approximate surface area is 139 Å². The minimum absolute atomic E-state index is 0.625. The van der Waals surface area contributed by atoms with E-state index in [1.165, 1.54) is 16.7 Å². The van der Waals surface area contributed by atoms with E-state index < -0.39 is 0 Å². The summed E-state index contributed by atoms with van der Waals surface area (Å²) in [5.74, 6) is 0.956. The van der Waals surface area contributed by atoms with E-state index in [4.69, 9.17) is 4.74 Å². The predicted molar refractivity (Wildman–Crippen MR) is 95.0 cm³/mol. The van der Waals surface area contributed by atoms with Gasteiger partial charge >= 0.3 is 0 Å². The number of nitrogens with one attached hydrogen (secondary N) is 1. The highest BCUT2D eigenvalue weighted by molar-refractivity contribution is 5.35. The van der Waals surface area contributed by atoms with Crippen LogP contribution in [0.2, 0.25) is 0 Å². The molecule has 0 bridgehead atoms. The molecule has 3 nitrogen and oxygen atoms in total. The van der Waals surface area contributed by atoms with Crippen molar-refractivity contribution >= 4 is 0 Å². The molecule has 2 aromatic carbocycles. The van der Waals surface area contributed by atoms with Crippen molar-refractivity contribution in [2.45, 2.75) is 20.0 Å². The molecule has 122 valence electrons. The van der Waals surface area contributed by atoms with E-state index in [0.717, 1.165) is 44.9 Å². The second-order valence-electron chi connectivity index (χ2n) is 6.20. The van der Waals surface area contributed by atoms with E-state index in [2.05, 4.69) is 47.5 Å². The topological polar surface area (TPSA) is 24.5 Å². The molecule has 0 aliphatic carbocycles. The molecule has 1 saturated heterocycles. The van der Waals surface area contributed by atoms with Gasteiger partial charge < -0.3 is 15.0 Å². The maximum atomic E-state index is 5.90. The summed E-state index contributed by atoms with van der Waals surface area (Å²) in [7, 11) is 0. The van der Waals surface area contributed by atoms with Crippen molar-refractivity contribution in [3.8, 4) is 5.75 Å². The molecule has 1 heterocycles. The van der Waals surface area contributed by atoms with Gasteiger partial charge in [0.2, 0.25) is 0 Å². The van der Waals surface area contributed by atoms with Crippen LogP contribution in [0.25, 0.3) is 0 Å². The maximum Gasteiger partial charge on any atom is 0.120 e. The number of aryl methyl sites for hydroxylation is 1. The number of hydrogen-bond acceptors (Lipinski definition) is 3. The number of nitrogens with zero attached hydrogens (tertiary/aromatic N) is 1. The molecule has 2 aromatic rings. The normalized spacial score (nSPS) is 15.5. The van der Waals surface area contributed by atoms with Gasteiger partial charge in [-0.3, -0.25) is 0 Å². The van der Waals surface area contributed by atoms with E-state index in [1.54, 1.807) is 0 Å². The van der Waals surface area contributed by atoms with Crippen LogP contribution in [0.5, 0.6) is 5.75 Å². The molecule has 1 aliphatic rings. The molecule has 23 heavy (non-hydrogen) atoms. The van der Waals surface area contributed by atoms with Crippen molar-refractivity contribution in [2.24, 2.45) is 0 Å². The van der Waals surface area contributed by atoms with Crippen LogP contribution in [0.15, 0.2) is 48.5 Å². The molecule has 0 atom stereocenters. The first-order valence-corrected chi connectivity index (χ1v) is 8.50. The van der Waals surface area contributed by atoms with E-state index in [-0.39, 0.29) is 0 Å². The van der Waals surface area contributed by atoms with Gasteiger partial charge in [-0.15, -0.1) is 0 Å². The Morgan fingerprint density at radius 3 is 2.57 bits per heavy atom. The number of rotatable bonds is 6. The fraction of sp³-hybridized carbons (Fsp3) is 0.400. The van der Waals surface area contributed by atoms with Crippen molar-refractivity contribution in [2.75, 3.05) is 32.7 Å². The molecule has 0 spiro atoms. The summed E-state index contributed by atoms with van der Waals surface area (Å²) in [5.41, 5.74) is 3.95. The number of benzene rings is 2. The molecule has 0 radical (unpaired) electrons. The van der Waals surface area contributed by atoms with Gasteiger partial charge in [-0.2, -0.15) is 0 Å². The van der Waals surface area contributed by atoms with Gasteiger partial charge in [-0.25, -0.2) is 0 Å². The smallest absolute Gasteiger partial charge is 0.120 e. The van der Waals surface area contributed by atoms with Gasteiger partial charge in [0.15, 0.2) is 0 Å². The van der Waals surface area contributed by atoms with Crippen LogP contribution in [0, 0.1) is 6.92 Å². The average molecular weight is 310 g/mol. The highest BCUT2D eigenvalue weighted by atomic mass is 16.5. The third-order valence-corrected chi connectivity index (χ3v) is 4.47. The molecule has 1 fully saturated rings. The van der Waals surface area contributed by atoms with Crippen molar-refractivity contribution in [3.63, 3.8) is 0 Å². The predicted octanol–water partition coefficient (Wildman–Crippen LogP) is 3.02. The molecule has 0 saturated carbocycles. The zero-order valence-corrected chi connectivity index (χ0v) is 13.9. The SMILES string of the molecule is Cc1cc(OCc2ccccc2)ccc1CCN1CCNCC1. The Hall–Kier alpha value is -1.84. The maximum absolute atomic E-state index is 5.90. The van der Waals surface area contributed by atoms with E-state index in [0.29, 0.717) is 6.61 Å². The Balaban J connectivity index is 1.52. The third kappa shape index (κ3) is 4.81. The lowest BCUT2D eigenvalue weighted by Crippen LogP contribution is -2.44. The van der Waals surface area contributed by atoms with E-state index in [1.807, 2.05) is 18.2 Å². The lowest BCUT2D eigenvalue weighted by atomic mass is 10.0. The molecule has 0 aromatic heterocycles. The highest BCUT2D eigenvalue weighted by Gasteiger charge is 2.10. The summed E-state index contributed by atoms with van der Waals surface area (Å²) in [6.07, 6.45) is 1.12. The zero-order valence-electron chi connectivity index (χ0n) is 13.9. The molecule has 3 rings (SSSR count). The molecular weight excluding hydrogens is 284 g/mol. The number of ether oxygens (including phenoxy) is 1. The molecular formula is C20H26N2O. The van der Waals surface area contributed by atoms with Gasteiger partial charge in [0.25, 0.3) is 0 Å². The number of piperazine rings is 1. The third-order valence-electron chi connectivity index (χ3n) is 4.47. The lowest BCUT2D eigenvalue weighted by Gasteiger charge is -2.27. The summed E-state index contributed by atoms with van der Waals surface area (Å²) in [6, 6.07) is 16.8.